The molecule has 1 heterocycles. The minimum atomic E-state index is -0.221. The summed E-state index contributed by atoms with van der Waals surface area (Å²) >= 11 is 0. The molecule has 0 atom stereocenters. The second-order valence-corrected chi connectivity index (χ2v) is 6.91. The molecular weight excluding hydrogens is 352 g/mol. The van der Waals surface area contributed by atoms with Crippen molar-refractivity contribution < 1.29 is 9.53 Å². The van der Waals surface area contributed by atoms with Crippen LogP contribution in [-0.4, -0.2) is 36.3 Å². The van der Waals surface area contributed by atoms with E-state index in [-0.39, 0.29) is 5.91 Å². The van der Waals surface area contributed by atoms with Crippen molar-refractivity contribution in [3.05, 3.63) is 59.3 Å². The van der Waals surface area contributed by atoms with Crippen molar-refractivity contribution >= 4 is 11.7 Å². The summed E-state index contributed by atoms with van der Waals surface area (Å²) in [6.45, 7) is 1.35. The highest BCUT2D eigenvalue weighted by molar-refractivity contribution is 5.92. The Morgan fingerprint density at radius 1 is 1.07 bits per heavy atom. The molecular formula is C22H28N4O2. The van der Waals surface area contributed by atoms with E-state index in [1.165, 1.54) is 31.3 Å². The zero-order valence-corrected chi connectivity index (χ0v) is 16.4. The van der Waals surface area contributed by atoms with Crippen molar-refractivity contribution in [2.24, 2.45) is 0 Å². The minimum Gasteiger partial charge on any atom is -0.496 e. The van der Waals surface area contributed by atoms with Crippen LogP contribution in [0.2, 0.25) is 0 Å². The number of aromatic nitrogens is 2. The molecule has 1 aromatic heterocycles. The van der Waals surface area contributed by atoms with Gasteiger partial charge in [0.05, 0.1) is 7.11 Å². The van der Waals surface area contributed by atoms with Crippen molar-refractivity contribution in [3.8, 4) is 5.75 Å². The number of nitrogens with zero attached hydrogens (tertiary/aromatic N) is 2. The number of carbonyl (C=O) groups excluding carboxylic acids is 1. The summed E-state index contributed by atoms with van der Waals surface area (Å²) < 4.78 is 5.33. The number of benzene rings is 1. The van der Waals surface area contributed by atoms with E-state index in [4.69, 9.17) is 4.74 Å². The quantitative estimate of drug-likeness (QED) is 0.648. The molecule has 6 heteroatoms. The first-order chi connectivity index (χ1) is 13.8. The zero-order chi connectivity index (χ0) is 19.6. The third-order valence-corrected chi connectivity index (χ3v) is 4.91. The number of hydrogen-bond acceptors (Lipinski definition) is 5. The van der Waals surface area contributed by atoms with Gasteiger partial charge < -0.3 is 15.4 Å². The molecule has 2 N–H and O–H groups in total. The number of nitrogens with one attached hydrogen (secondary N) is 2. The van der Waals surface area contributed by atoms with Crippen molar-refractivity contribution in [2.75, 3.05) is 25.5 Å². The zero-order valence-electron chi connectivity index (χ0n) is 16.4. The average Bonchev–Trinajstić information content (AvgIpc) is 2.75. The van der Waals surface area contributed by atoms with E-state index in [2.05, 4.69) is 26.9 Å². The van der Waals surface area contributed by atoms with Crippen LogP contribution in [-0.2, 0) is 6.42 Å². The Balaban J connectivity index is 1.42. The molecule has 0 fully saturated rings. The van der Waals surface area contributed by atoms with Gasteiger partial charge in [0, 0.05) is 13.1 Å². The number of carbonyl (C=O) groups is 1. The Morgan fingerprint density at radius 3 is 2.71 bits per heavy atom. The van der Waals surface area contributed by atoms with Crippen molar-refractivity contribution in [1.82, 2.24) is 15.5 Å². The second-order valence-electron chi connectivity index (χ2n) is 6.91. The van der Waals surface area contributed by atoms with E-state index in [1.54, 1.807) is 19.2 Å². The standard InChI is InChI=1S/C22H28N4O2/c1-28-20-10-6-5-9-18(20)14-16-24-22(27)19-11-12-21(26-25-19)23-15-13-17-7-3-2-4-8-17/h5-7,9-12H,2-4,8,13-16H2,1H3,(H,23,26)(H,24,27). The average molecular weight is 380 g/mol. The van der Waals surface area contributed by atoms with Gasteiger partial charge in [0.25, 0.3) is 5.91 Å². The molecule has 0 spiro atoms. The van der Waals surface area contributed by atoms with Gasteiger partial charge in [0.1, 0.15) is 11.6 Å². The smallest absolute Gasteiger partial charge is 0.271 e. The number of amides is 1. The Kier molecular flexibility index (Phi) is 7.41. The predicted molar refractivity (Wildman–Crippen MR) is 111 cm³/mol. The van der Waals surface area contributed by atoms with Gasteiger partial charge in [-0.25, -0.2) is 0 Å². The third kappa shape index (κ3) is 5.81. The lowest BCUT2D eigenvalue weighted by molar-refractivity contribution is 0.0948. The number of hydrogen-bond donors (Lipinski definition) is 2. The fraction of sp³-hybridized carbons (Fsp3) is 0.409. The summed E-state index contributed by atoms with van der Waals surface area (Å²) in [5.41, 5.74) is 2.90. The van der Waals surface area contributed by atoms with Crippen molar-refractivity contribution in [1.29, 1.82) is 0 Å². The molecule has 0 aliphatic heterocycles. The van der Waals surface area contributed by atoms with E-state index in [1.807, 2.05) is 24.3 Å². The normalized spacial score (nSPS) is 13.5. The lowest BCUT2D eigenvalue weighted by atomic mass is 9.97. The van der Waals surface area contributed by atoms with Crippen LogP contribution in [0.4, 0.5) is 5.82 Å². The monoisotopic (exact) mass is 380 g/mol. The number of rotatable bonds is 9. The lowest BCUT2D eigenvalue weighted by Crippen LogP contribution is -2.27. The largest absolute Gasteiger partial charge is 0.496 e. The van der Waals surface area contributed by atoms with Crippen LogP contribution in [0.15, 0.2) is 48.0 Å². The number of anilines is 1. The maximum atomic E-state index is 12.2. The van der Waals surface area contributed by atoms with E-state index in [9.17, 15) is 4.79 Å². The molecule has 0 saturated heterocycles. The Hall–Kier alpha value is -2.89. The summed E-state index contributed by atoms with van der Waals surface area (Å²) in [5, 5.41) is 14.3. The van der Waals surface area contributed by atoms with Gasteiger partial charge in [-0.1, -0.05) is 29.8 Å². The molecule has 28 heavy (non-hydrogen) atoms. The van der Waals surface area contributed by atoms with Gasteiger partial charge in [-0.15, -0.1) is 10.2 Å². The van der Waals surface area contributed by atoms with Gasteiger partial charge in [-0.3, -0.25) is 4.79 Å². The number of ether oxygens (including phenoxy) is 1. The van der Waals surface area contributed by atoms with Gasteiger partial charge >= 0.3 is 0 Å². The van der Waals surface area contributed by atoms with E-state index >= 15 is 0 Å². The number of para-hydroxylation sites is 1. The van der Waals surface area contributed by atoms with Crippen LogP contribution < -0.4 is 15.4 Å². The molecule has 0 unspecified atom stereocenters. The van der Waals surface area contributed by atoms with Gasteiger partial charge in [-0.05, 0) is 62.3 Å². The SMILES string of the molecule is COc1ccccc1CCNC(=O)c1ccc(NCCC2=CCCCC2)nn1. The summed E-state index contributed by atoms with van der Waals surface area (Å²) in [4.78, 5) is 12.2. The van der Waals surface area contributed by atoms with Crippen LogP contribution in [0, 0.1) is 0 Å². The van der Waals surface area contributed by atoms with Crippen LogP contribution in [0.5, 0.6) is 5.75 Å². The second kappa shape index (κ2) is 10.4. The summed E-state index contributed by atoms with van der Waals surface area (Å²) in [7, 11) is 1.65. The fourth-order valence-corrected chi connectivity index (χ4v) is 3.34. The van der Waals surface area contributed by atoms with Gasteiger partial charge in [0.2, 0.25) is 0 Å². The summed E-state index contributed by atoms with van der Waals surface area (Å²) in [6.07, 6.45) is 9.11. The summed E-state index contributed by atoms with van der Waals surface area (Å²) in [6, 6.07) is 11.3. The van der Waals surface area contributed by atoms with Crippen LogP contribution in [0.3, 0.4) is 0 Å². The molecule has 0 saturated carbocycles. The van der Waals surface area contributed by atoms with Gasteiger partial charge in [0.15, 0.2) is 5.69 Å². The highest BCUT2D eigenvalue weighted by Crippen LogP contribution is 2.20. The lowest BCUT2D eigenvalue weighted by Gasteiger charge is -2.13. The maximum absolute atomic E-state index is 12.2. The van der Waals surface area contributed by atoms with E-state index < -0.39 is 0 Å². The summed E-state index contributed by atoms with van der Waals surface area (Å²) in [5.74, 6) is 1.30. The molecule has 0 radical (unpaired) electrons. The third-order valence-electron chi connectivity index (χ3n) is 4.91. The molecule has 3 rings (SSSR count). The molecule has 1 aliphatic carbocycles. The Bertz CT molecular complexity index is 802. The number of allylic oxidation sites excluding steroid dienone is 1. The van der Waals surface area contributed by atoms with Crippen LogP contribution >= 0.6 is 0 Å². The minimum absolute atomic E-state index is 0.221. The highest BCUT2D eigenvalue weighted by Gasteiger charge is 2.09. The molecule has 1 amide bonds. The topological polar surface area (TPSA) is 76.1 Å². The molecule has 6 nitrogen and oxygen atoms in total. The fourth-order valence-electron chi connectivity index (χ4n) is 3.34. The molecule has 148 valence electrons. The van der Waals surface area contributed by atoms with Crippen LogP contribution in [0.1, 0.15) is 48.2 Å². The Labute approximate surface area is 166 Å². The first-order valence-corrected chi connectivity index (χ1v) is 9.92. The predicted octanol–water partition coefficient (Wildman–Crippen LogP) is 3.76. The van der Waals surface area contributed by atoms with Crippen LogP contribution in [0.25, 0.3) is 0 Å². The molecule has 1 aliphatic rings. The molecule has 2 aromatic rings. The molecule has 1 aromatic carbocycles. The van der Waals surface area contributed by atoms with Crippen molar-refractivity contribution in [3.63, 3.8) is 0 Å². The molecule has 0 bridgehead atoms. The van der Waals surface area contributed by atoms with Gasteiger partial charge in [-0.2, -0.15) is 0 Å². The number of methoxy groups -OCH3 is 1. The van der Waals surface area contributed by atoms with E-state index in [0.717, 1.165) is 24.3 Å². The Morgan fingerprint density at radius 2 is 1.96 bits per heavy atom. The van der Waals surface area contributed by atoms with Crippen molar-refractivity contribution in [2.45, 2.75) is 38.5 Å². The first kappa shape index (κ1) is 19.9. The highest BCUT2D eigenvalue weighted by atomic mass is 16.5. The first-order valence-electron chi connectivity index (χ1n) is 9.92. The maximum Gasteiger partial charge on any atom is 0.271 e. The van der Waals surface area contributed by atoms with E-state index in [0.29, 0.717) is 24.5 Å².